The lowest BCUT2D eigenvalue weighted by Gasteiger charge is -2.31. The molecule has 1 amide bonds. The van der Waals surface area contributed by atoms with Gasteiger partial charge >= 0.3 is 0 Å². The number of carbonyl (C=O) groups excluding carboxylic acids is 1. The lowest BCUT2D eigenvalue weighted by Crippen LogP contribution is -2.37. The van der Waals surface area contributed by atoms with Crippen LogP contribution < -0.4 is 0 Å². The molecule has 1 aromatic carbocycles. The smallest absolute Gasteiger partial charge is 0.222 e. The lowest BCUT2D eigenvalue weighted by atomic mass is 9.93. The Bertz CT molecular complexity index is 702. The Morgan fingerprint density at radius 2 is 2.04 bits per heavy atom. The minimum Gasteiger partial charge on any atom is -0.343 e. The van der Waals surface area contributed by atoms with Crippen molar-refractivity contribution in [1.29, 1.82) is 0 Å². The SMILES string of the molecule is CCC(=O)N1CCC(c2cc(-c3cccc(F)c3)n(C)n2)CC1. The molecule has 1 fully saturated rings. The zero-order valence-corrected chi connectivity index (χ0v) is 13.6. The number of likely N-dealkylation sites (tertiary alicyclic amines) is 1. The molecule has 0 spiro atoms. The van der Waals surface area contributed by atoms with Gasteiger partial charge in [0.05, 0.1) is 11.4 Å². The summed E-state index contributed by atoms with van der Waals surface area (Å²) in [4.78, 5) is 13.7. The number of carbonyl (C=O) groups is 1. The Labute approximate surface area is 135 Å². The number of aryl methyl sites for hydroxylation is 1. The van der Waals surface area contributed by atoms with E-state index in [1.54, 1.807) is 6.07 Å². The number of halogens is 1. The van der Waals surface area contributed by atoms with Gasteiger partial charge in [-0.05, 0) is 31.0 Å². The van der Waals surface area contributed by atoms with Crippen LogP contribution >= 0.6 is 0 Å². The Morgan fingerprint density at radius 3 is 2.70 bits per heavy atom. The predicted molar refractivity (Wildman–Crippen MR) is 87.4 cm³/mol. The highest BCUT2D eigenvalue weighted by Gasteiger charge is 2.25. The highest BCUT2D eigenvalue weighted by molar-refractivity contribution is 5.75. The number of piperidine rings is 1. The molecule has 0 atom stereocenters. The molecule has 0 saturated carbocycles. The molecule has 0 N–H and O–H groups in total. The number of benzene rings is 1. The van der Waals surface area contributed by atoms with Gasteiger partial charge in [0.15, 0.2) is 0 Å². The topological polar surface area (TPSA) is 38.1 Å². The maximum absolute atomic E-state index is 13.4. The third-order valence-corrected chi connectivity index (χ3v) is 4.59. The van der Waals surface area contributed by atoms with Crippen LogP contribution in [0.25, 0.3) is 11.3 Å². The summed E-state index contributed by atoms with van der Waals surface area (Å²) in [5, 5.41) is 4.62. The number of nitrogens with zero attached hydrogens (tertiary/aromatic N) is 3. The first kappa shape index (κ1) is 15.7. The zero-order valence-electron chi connectivity index (χ0n) is 13.6. The van der Waals surface area contributed by atoms with E-state index < -0.39 is 0 Å². The van der Waals surface area contributed by atoms with Crippen molar-refractivity contribution >= 4 is 5.91 Å². The van der Waals surface area contributed by atoms with Gasteiger partial charge in [-0.15, -0.1) is 0 Å². The Hall–Kier alpha value is -2.17. The Balaban J connectivity index is 1.76. The highest BCUT2D eigenvalue weighted by atomic mass is 19.1. The minimum absolute atomic E-state index is 0.227. The number of aromatic nitrogens is 2. The van der Waals surface area contributed by atoms with Gasteiger partial charge in [-0.2, -0.15) is 5.10 Å². The molecule has 0 radical (unpaired) electrons. The fourth-order valence-corrected chi connectivity index (χ4v) is 3.26. The molecule has 23 heavy (non-hydrogen) atoms. The van der Waals surface area contributed by atoms with E-state index in [1.165, 1.54) is 12.1 Å². The summed E-state index contributed by atoms with van der Waals surface area (Å²) in [6.07, 6.45) is 2.44. The van der Waals surface area contributed by atoms with Crippen LogP contribution in [-0.4, -0.2) is 33.7 Å². The van der Waals surface area contributed by atoms with E-state index in [4.69, 9.17) is 0 Å². The van der Waals surface area contributed by atoms with Crippen molar-refractivity contribution < 1.29 is 9.18 Å². The van der Waals surface area contributed by atoms with Crippen LogP contribution in [0.15, 0.2) is 30.3 Å². The highest BCUT2D eigenvalue weighted by Crippen LogP contribution is 2.30. The van der Waals surface area contributed by atoms with Gasteiger partial charge in [-0.1, -0.05) is 19.1 Å². The number of hydrogen-bond donors (Lipinski definition) is 0. The molecule has 3 rings (SSSR count). The summed E-state index contributed by atoms with van der Waals surface area (Å²) >= 11 is 0. The number of hydrogen-bond acceptors (Lipinski definition) is 2. The molecular weight excluding hydrogens is 293 g/mol. The Kier molecular flexibility index (Phi) is 4.46. The quantitative estimate of drug-likeness (QED) is 0.871. The molecule has 5 heteroatoms. The second kappa shape index (κ2) is 6.52. The van der Waals surface area contributed by atoms with Crippen molar-refractivity contribution in [3.63, 3.8) is 0 Å². The Morgan fingerprint density at radius 1 is 1.30 bits per heavy atom. The van der Waals surface area contributed by atoms with E-state index in [0.29, 0.717) is 12.3 Å². The van der Waals surface area contributed by atoms with Gasteiger partial charge in [0.25, 0.3) is 0 Å². The van der Waals surface area contributed by atoms with Crippen LogP contribution in [0, 0.1) is 5.82 Å². The summed E-state index contributed by atoms with van der Waals surface area (Å²) < 4.78 is 15.2. The van der Waals surface area contributed by atoms with Crippen LogP contribution in [-0.2, 0) is 11.8 Å². The molecule has 2 aromatic rings. The first-order valence-corrected chi connectivity index (χ1v) is 8.16. The van der Waals surface area contributed by atoms with Crippen molar-refractivity contribution in [3.8, 4) is 11.3 Å². The lowest BCUT2D eigenvalue weighted by molar-refractivity contribution is -0.131. The molecule has 1 aromatic heterocycles. The van der Waals surface area contributed by atoms with E-state index in [9.17, 15) is 9.18 Å². The molecule has 1 saturated heterocycles. The first-order chi connectivity index (χ1) is 11.1. The van der Waals surface area contributed by atoms with E-state index in [0.717, 1.165) is 42.9 Å². The van der Waals surface area contributed by atoms with Gasteiger partial charge in [0.1, 0.15) is 5.82 Å². The molecule has 0 bridgehead atoms. The largest absolute Gasteiger partial charge is 0.343 e. The fourth-order valence-electron chi connectivity index (χ4n) is 3.26. The fraction of sp³-hybridized carbons (Fsp3) is 0.444. The molecule has 4 nitrogen and oxygen atoms in total. The maximum Gasteiger partial charge on any atom is 0.222 e. The van der Waals surface area contributed by atoms with Gasteiger partial charge in [-0.3, -0.25) is 9.48 Å². The van der Waals surface area contributed by atoms with Crippen molar-refractivity contribution in [3.05, 3.63) is 41.8 Å². The third-order valence-electron chi connectivity index (χ3n) is 4.59. The monoisotopic (exact) mass is 315 g/mol. The number of rotatable bonds is 3. The van der Waals surface area contributed by atoms with E-state index in [-0.39, 0.29) is 11.7 Å². The summed E-state index contributed by atoms with van der Waals surface area (Å²) in [6.45, 7) is 3.49. The second-order valence-corrected chi connectivity index (χ2v) is 6.10. The molecule has 1 aliphatic rings. The van der Waals surface area contributed by atoms with Crippen molar-refractivity contribution in [2.45, 2.75) is 32.1 Å². The third kappa shape index (κ3) is 3.28. The summed E-state index contributed by atoms with van der Waals surface area (Å²) in [5.41, 5.74) is 2.80. The molecule has 2 heterocycles. The van der Waals surface area contributed by atoms with Crippen molar-refractivity contribution in [2.24, 2.45) is 7.05 Å². The summed E-state index contributed by atoms with van der Waals surface area (Å²) in [5.74, 6) is 0.353. The average molecular weight is 315 g/mol. The average Bonchev–Trinajstić information content (AvgIpc) is 2.96. The summed E-state index contributed by atoms with van der Waals surface area (Å²) in [6, 6.07) is 8.64. The summed E-state index contributed by atoms with van der Waals surface area (Å²) in [7, 11) is 1.89. The van der Waals surface area contributed by atoms with Crippen LogP contribution in [0.4, 0.5) is 4.39 Å². The second-order valence-electron chi connectivity index (χ2n) is 6.10. The molecule has 1 aliphatic heterocycles. The predicted octanol–water partition coefficient (Wildman–Crippen LogP) is 3.34. The normalized spacial score (nSPS) is 15.9. The van der Waals surface area contributed by atoms with Crippen LogP contribution in [0.5, 0.6) is 0 Å². The van der Waals surface area contributed by atoms with E-state index >= 15 is 0 Å². The minimum atomic E-state index is -0.239. The van der Waals surface area contributed by atoms with Crippen LogP contribution in [0.3, 0.4) is 0 Å². The van der Waals surface area contributed by atoms with Crippen LogP contribution in [0.2, 0.25) is 0 Å². The van der Waals surface area contributed by atoms with E-state index in [2.05, 4.69) is 11.2 Å². The molecular formula is C18H22FN3O. The van der Waals surface area contributed by atoms with E-state index in [1.807, 2.05) is 29.6 Å². The van der Waals surface area contributed by atoms with Gasteiger partial charge < -0.3 is 4.90 Å². The van der Waals surface area contributed by atoms with Crippen molar-refractivity contribution in [2.75, 3.05) is 13.1 Å². The van der Waals surface area contributed by atoms with Gasteiger partial charge in [-0.25, -0.2) is 4.39 Å². The van der Waals surface area contributed by atoms with Crippen molar-refractivity contribution in [1.82, 2.24) is 14.7 Å². The van der Waals surface area contributed by atoms with Gasteiger partial charge in [0.2, 0.25) is 5.91 Å². The number of amides is 1. The molecule has 0 aliphatic carbocycles. The molecule has 122 valence electrons. The van der Waals surface area contributed by atoms with Crippen LogP contribution in [0.1, 0.15) is 37.8 Å². The van der Waals surface area contributed by atoms with Gasteiger partial charge in [0, 0.05) is 38.0 Å². The standard InChI is InChI=1S/C18H22FN3O/c1-3-18(23)22-9-7-13(8-10-22)16-12-17(21(2)20-16)14-5-4-6-15(19)11-14/h4-6,11-13H,3,7-10H2,1-2H3. The molecule has 0 unspecified atom stereocenters. The maximum atomic E-state index is 13.4. The first-order valence-electron chi connectivity index (χ1n) is 8.16. The zero-order chi connectivity index (χ0) is 16.4.